The summed E-state index contributed by atoms with van der Waals surface area (Å²) in [6.07, 6.45) is 5.26. The zero-order valence-electron chi connectivity index (χ0n) is 20.3. The van der Waals surface area contributed by atoms with E-state index in [-0.39, 0.29) is 54.2 Å². The fourth-order valence-electron chi connectivity index (χ4n) is 6.30. The standard InChI is InChI=1S/C25H36N4O4S/c1-26(2)25(21-9-4-3-5-10-21)17-24(18-25)19-28(23(31)29(24)15-20-7-6-8-20)16-22(30)27-11-13-34(32,33)14-12-27/h3-5,9-10,20H,6-8,11-19H2,1-2H3. The summed E-state index contributed by atoms with van der Waals surface area (Å²) >= 11 is 0. The molecule has 9 heteroatoms. The summed E-state index contributed by atoms with van der Waals surface area (Å²) in [7, 11) is 1.17. The largest absolute Gasteiger partial charge is 0.339 e. The summed E-state index contributed by atoms with van der Waals surface area (Å²) in [5.74, 6) is 0.416. The highest BCUT2D eigenvalue weighted by atomic mass is 32.2. The summed E-state index contributed by atoms with van der Waals surface area (Å²) in [6.45, 7) is 1.79. The van der Waals surface area contributed by atoms with Gasteiger partial charge in [0, 0.05) is 26.2 Å². The first-order chi connectivity index (χ1) is 16.1. The lowest BCUT2D eigenvalue weighted by atomic mass is 9.58. The van der Waals surface area contributed by atoms with Crippen LogP contribution in [-0.4, -0.2) is 104 Å². The second-order valence-corrected chi connectivity index (χ2v) is 13.3. The zero-order valence-corrected chi connectivity index (χ0v) is 21.1. The monoisotopic (exact) mass is 488 g/mol. The molecule has 0 radical (unpaired) electrons. The first-order valence-electron chi connectivity index (χ1n) is 12.4. The number of urea groups is 1. The van der Waals surface area contributed by atoms with E-state index in [0.717, 1.165) is 19.4 Å². The molecular formula is C25H36N4O4S. The lowest BCUT2D eigenvalue weighted by Crippen LogP contribution is -2.68. The van der Waals surface area contributed by atoms with Crippen LogP contribution in [0.1, 0.15) is 37.7 Å². The van der Waals surface area contributed by atoms with Crippen LogP contribution < -0.4 is 0 Å². The molecule has 0 aromatic heterocycles. The summed E-state index contributed by atoms with van der Waals surface area (Å²) in [4.78, 5) is 34.3. The van der Waals surface area contributed by atoms with Crippen LogP contribution in [0.25, 0.3) is 0 Å². The van der Waals surface area contributed by atoms with Crippen molar-refractivity contribution in [3.05, 3.63) is 35.9 Å². The quantitative estimate of drug-likeness (QED) is 0.610. The predicted octanol–water partition coefficient (Wildman–Crippen LogP) is 1.77. The molecule has 2 saturated heterocycles. The highest BCUT2D eigenvalue weighted by Gasteiger charge is 2.64. The number of rotatable bonds is 6. The van der Waals surface area contributed by atoms with Gasteiger partial charge in [-0.3, -0.25) is 9.69 Å². The van der Waals surface area contributed by atoms with E-state index in [4.69, 9.17) is 0 Å². The fourth-order valence-corrected chi connectivity index (χ4v) is 7.50. The third kappa shape index (κ3) is 4.00. The minimum atomic E-state index is -3.05. The van der Waals surface area contributed by atoms with E-state index in [1.807, 2.05) is 6.07 Å². The van der Waals surface area contributed by atoms with Gasteiger partial charge in [0.1, 0.15) is 6.54 Å². The molecule has 4 fully saturated rings. The van der Waals surface area contributed by atoms with Crippen molar-refractivity contribution in [3.8, 4) is 0 Å². The van der Waals surface area contributed by atoms with Gasteiger partial charge in [0.2, 0.25) is 5.91 Å². The zero-order chi connectivity index (χ0) is 24.1. The van der Waals surface area contributed by atoms with Gasteiger partial charge >= 0.3 is 6.03 Å². The molecule has 3 amide bonds. The molecule has 2 aliphatic carbocycles. The molecule has 4 aliphatic rings. The normalized spacial score (nSPS) is 31.1. The van der Waals surface area contributed by atoms with Crippen molar-refractivity contribution in [1.29, 1.82) is 0 Å². The highest BCUT2D eigenvalue weighted by Crippen LogP contribution is 2.57. The van der Waals surface area contributed by atoms with Crippen molar-refractivity contribution in [2.24, 2.45) is 5.92 Å². The SMILES string of the molecule is CN(C)C1(c2ccccc2)CC2(CN(CC(=O)N3CCS(=O)(=O)CC3)C(=O)N2CC2CCC2)C1. The number of amides is 3. The van der Waals surface area contributed by atoms with Gasteiger partial charge in [0.25, 0.3) is 0 Å². The molecule has 2 heterocycles. The molecule has 2 saturated carbocycles. The summed E-state index contributed by atoms with van der Waals surface area (Å²) in [6, 6.07) is 10.5. The molecule has 1 aromatic rings. The van der Waals surface area contributed by atoms with Gasteiger partial charge in [-0.25, -0.2) is 13.2 Å². The number of nitrogens with zero attached hydrogens (tertiary/aromatic N) is 4. The maximum absolute atomic E-state index is 13.6. The van der Waals surface area contributed by atoms with Crippen LogP contribution in [0.5, 0.6) is 0 Å². The van der Waals surface area contributed by atoms with Crippen LogP contribution >= 0.6 is 0 Å². The van der Waals surface area contributed by atoms with Crippen molar-refractivity contribution in [1.82, 2.24) is 19.6 Å². The Morgan fingerprint density at radius 2 is 1.74 bits per heavy atom. The first-order valence-corrected chi connectivity index (χ1v) is 14.2. The molecule has 1 aromatic carbocycles. The smallest absolute Gasteiger partial charge is 0.321 e. The van der Waals surface area contributed by atoms with Crippen molar-refractivity contribution in [2.75, 3.05) is 58.3 Å². The van der Waals surface area contributed by atoms with Crippen molar-refractivity contribution < 1.29 is 18.0 Å². The van der Waals surface area contributed by atoms with Crippen LogP contribution in [0.4, 0.5) is 4.79 Å². The Bertz CT molecular complexity index is 1030. The molecule has 0 unspecified atom stereocenters. The maximum Gasteiger partial charge on any atom is 0.321 e. The predicted molar refractivity (Wildman–Crippen MR) is 130 cm³/mol. The lowest BCUT2D eigenvalue weighted by molar-refractivity contribution is -0.131. The number of hydrogen-bond donors (Lipinski definition) is 0. The van der Waals surface area contributed by atoms with Crippen LogP contribution in [0, 0.1) is 5.92 Å². The average molecular weight is 489 g/mol. The number of carbonyl (C=O) groups excluding carboxylic acids is 2. The molecular weight excluding hydrogens is 452 g/mol. The Morgan fingerprint density at radius 1 is 1.09 bits per heavy atom. The number of sulfone groups is 1. The third-order valence-electron chi connectivity index (χ3n) is 8.66. The average Bonchev–Trinajstić information content (AvgIpc) is 3.01. The Morgan fingerprint density at radius 3 is 2.29 bits per heavy atom. The maximum atomic E-state index is 13.6. The minimum absolute atomic E-state index is 0.00680. The molecule has 1 spiro atoms. The summed E-state index contributed by atoms with van der Waals surface area (Å²) in [5.41, 5.74) is 0.879. The topological polar surface area (TPSA) is 81.2 Å². The highest BCUT2D eigenvalue weighted by molar-refractivity contribution is 7.91. The number of benzene rings is 1. The van der Waals surface area contributed by atoms with Crippen LogP contribution in [0.3, 0.4) is 0 Å². The van der Waals surface area contributed by atoms with Gasteiger partial charge in [-0.2, -0.15) is 0 Å². The van der Waals surface area contributed by atoms with E-state index >= 15 is 0 Å². The second kappa shape index (κ2) is 8.52. The Labute approximate surface area is 202 Å². The second-order valence-electron chi connectivity index (χ2n) is 10.9. The molecule has 2 aliphatic heterocycles. The van der Waals surface area contributed by atoms with Gasteiger partial charge in [0.05, 0.1) is 22.6 Å². The Kier molecular flexibility index (Phi) is 5.91. The van der Waals surface area contributed by atoms with Gasteiger partial charge in [0.15, 0.2) is 9.84 Å². The van der Waals surface area contributed by atoms with E-state index in [9.17, 15) is 18.0 Å². The molecule has 0 bridgehead atoms. The van der Waals surface area contributed by atoms with Crippen LogP contribution in [-0.2, 0) is 20.2 Å². The molecule has 186 valence electrons. The fraction of sp³-hybridized carbons (Fsp3) is 0.680. The van der Waals surface area contributed by atoms with Crippen molar-refractivity contribution in [3.63, 3.8) is 0 Å². The molecule has 0 N–H and O–H groups in total. The van der Waals surface area contributed by atoms with Crippen LogP contribution in [0.2, 0.25) is 0 Å². The van der Waals surface area contributed by atoms with E-state index in [2.05, 4.69) is 48.2 Å². The van der Waals surface area contributed by atoms with E-state index in [0.29, 0.717) is 12.5 Å². The lowest BCUT2D eigenvalue weighted by Gasteiger charge is -2.61. The molecule has 0 atom stereocenters. The Balaban J connectivity index is 1.34. The molecule has 5 rings (SSSR count). The van der Waals surface area contributed by atoms with Gasteiger partial charge in [-0.15, -0.1) is 0 Å². The summed E-state index contributed by atoms with van der Waals surface area (Å²) in [5, 5.41) is 0. The number of hydrogen-bond acceptors (Lipinski definition) is 5. The molecule has 8 nitrogen and oxygen atoms in total. The minimum Gasteiger partial charge on any atom is -0.339 e. The van der Waals surface area contributed by atoms with E-state index in [1.54, 1.807) is 9.80 Å². The number of carbonyl (C=O) groups is 2. The molecule has 34 heavy (non-hydrogen) atoms. The van der Waals surface area contributed by atoms with Gasteiger partial charge < -0.3 is 14.7 Å². The van der Waals surface area contributed by atoms with Gasteiger partial charge in [-0.05, 0) is 51.3 Å². The third-order valence-corrected chi connectivity index (χ3v) is 10.3. The van der Waals surface area contributed by atoms with Crippen molar-refractivity contribution in [2.45, 2.75) is 43.2 Å². The van der Waals surface area contributed by atoms with Gasteiger partial charge in [-0.1, -0.05) is 36.8 Å². The summed E-state index contributed by atoms with van der Waals surface area (Å²) < 4.78 is 23.5. The first kappa shape index (κ1) is 23.6. The van der Waals surface area contributed by atoms with E-state index in [1.165, 1.54) is 24.8 Å². The van der Waals surface area contributed by atoms with E-state index < -0.39 is 9.84 Å². The van der Waals surface area contributed by atoms with Crippen LogP contribution in [0.15, 0.2) is 30.3 Å². The Hall–Kier alpha value is -2.13. The van der Waals surface area contributed by atoms with Crippen molar-refractivity contribution >= 4 is 21.8 Å².